The molecular weight excluding hydrogens is 439 g/mol. The molecule has 2 aromatic carbocycles. The lowest BCUT2D eigenvalue weighted by molar-refractivity contribution is -0.360. The predicted molar refractivity (Wildman–Crippen MR) is 103 cm³/mol. The molecule has 0 saturated heterocycles. The Balaban J connectivity index is 0.00000114. The van der Waals surface area contributed by atoms with Gasteiger partial charge in [-0.3, -0.25) is 16.1 Å². The van der Waals surface area contributed by atoms with Crippen LogP contribution in [0.25, 0.3) is 33.0 Å². The highest BCUT2D eigenvalue weighted by atomic mass is 19.4. The molecule has 0 aliphatic rings. The quantitative estimate of drug-likeness (QED) is 0.147. The van der Waals surface area contributed by atoms with Crippen LogP contribution in [0.5, 0.6) is 5.75 Å². The third kappa shape index (κ3) is 6.15. The maximum Gasteiger partial charge on any atom is 0.499 e. The number of ether oxygens (including phenoxy) is 1. The van der Waals surface area contributed by atoms with Gasteiger partial charge in [0.2, 0.25) is 5.84 Å². The summed E-state index contributed by atoms with van der Waals surface area (Å²) in [5.41, 5.74) is 21.0. The van der Waals surface area contributed by atoms with E-state index in [-0.39, 0.29) is 0 Å². The molecule has 3 aromatic rings. The maximum absolute atomic E-state index is 12.9. The first-order valence-electron chi connectivity index (χ1n) is 8.57. The predicted octanol–water partition coefficient (Wildman–Crippen LogP) is 2.99. The molecule has 1 heterocycles. The molecule has 32 heavy (non-hydrogen) atoms. The van der Waals surface area contributed by atoms with Gasteiger partial charge in [-0.15, -0.1) is 5.10 Å². The van der Waals surface area contributed by atoms with Gasteiger partial charge in [0.05, 0.1) is 12.1 Å². The Labute approximate surface area is 177 Å². The van der Waals surface area contributed by atoms with Gasteiger partial charge < -0.3 is 15.8 Å². The summed E-state index contributed by atoms with van der Waals surface area (Å²) in [5, 5.41) is 9.73. The largest absolute Gasteiger partial charge is 0.499 e. The fourth-order valence-corrected chi connectivity index (χ4v) is 2.40. The number of nitrogens with zero attached hydrogens (tertiary/aromatic N) is 6. The standard InChI is InChI=1S/C18H14F5N5O.N3/c19-17(20,21)18(22,23)29-14-7-5-13(6-8-14)28-10-26-16(27-28)12-3-1-11(2-4-12)9-15(24)25;1-3-2/h1-8,10H,9H2,(H3,24,25);/q;-1/p+1. The first-order valence-corrected chi connectivity index (χ1v) is 8.57. The van der Waals surface area contributed by atoms with Gasteiger partial charge in [0.1, 0.15) is 12.1 Å². The van der Waals surface area contributed by atoms with Crippen LogP contribution in [0.4, 0.5) is 22.0 Å². The highest BCUT2D eigenvalue weighted by Crippen LogP contribution is 2.37. The summed E-state index contributed by atoms with van der Waals surface area (Å²) in [7, 11) is 0. The van der Waals surface area contributed by atoms with E-state index in [0.29, 0.717) is 29.3 Å². The van der Waals surface area contributed by atoms with Crippen LogP contribution in [0.2, 0.25) is 0 Å². The van der Waals surface area contributed by atoms with Crippen molar-refractivity contribution in [3.63, 3.8) is 0 Å². The van der Waals surface area contributed by atoms with Gasteiger partial charge >= 0.3 is 12.3 Å². The summed E-state index contributed by atoms with van der Waals surface area (Å²) < 4.78 is 67.6. The molecular formula is C18H15F5N8O. The Morgan fingerprint density at radius 1 is 1.03 bits per heavy atom. The second-order valence-corrected chi connectivity index (χ2v) is 6.16. The molecule has 0 aliphatic heterocycles. The van der Waals surface area contributed by atoms with Crippen molar-refractivity contribution in [2.75, 3.05) is 0 Å². The van der Waals surface area contributed by atoms with Gasteiger partial charge in [-0.25, -0.2) is 9.67 Å². The second-order valence-electron chi connectivity index (χ2n) is 6.16. The van der Waals surface area contributed by atoms with Crippen molar-refractivity contribution in [3.8, 4) is 22.8 Å². The van der Waals surface area contributed by atoms with Crippen molar-refractivity contribution in [3.05, 3.63) is 76.4 Å². The maximum atomic E-state index is 12.9. The summed E-state index contributed by atoms with van der Waals surface area (Å²) in [6.07, 6.45) is -9.28. The molecule has 0 bridgehead atoms. The summed E-state index contributed by atoms with van der Waals surface area (Å²) >= 11 is 0. The monoisotopic (exact) mass is 454 g/mol. The van der Waals surface area contributed by atoms with Crippen LogP contribution >= 0.6 is 0 Å². The molecule has 1 aromatic heterocycles. The first kappa shape index (κ1) is 24.1. The summed E-state index contributed by atoms with van der Waals surface area (Å²) in [6.45, 7) is 0. The van der Waals surface area contributed by atoms with E-state index in [1.165, 1.54) is 28.1 Å². The molecule has 0 aliphatic carbocycles. The van der Waals surface area contributed by atoms with E-state index in [1.807, 2.05) is 12.1 Å². The fraction of sp³-hybridized carbons (Fsp3) is 0.167. The minimum Gasteiger partial charge on any atom is -0.426 e. The van der Waals surface area contributed by atoms with Crippen molar-refractivity contribution in [2.45, 2.75) is 18.7 Å². The Kier molecular flexibility index (Phi) is 7.33. The molecule has 0 radical (unpaired) electrons. The number of hydrogen-bond donors (Lipinski definition) is 2. The Morgan fingerprint density at radius 2 is 1.59 bits per heavy atom. The third-order valence-corrected chi connectivity index (χ3v) is 3.79. The van der Waals surface area contributed by atoms with Crippen LogP contribution in [-0.4, -0.2) is 32.9 Å². The van der Waals surface area contributed by atoms with Crippen molar-refractivity contribution in [1.82, 2.24) is 14.8 Å². The first-order chi connectivity index (χ1) is 15.0. The number of halogens is 5. The van der Waals surface area contributed by atoms with Gasteiger partial charge in [0, 0.05) is 5.56 Å². The van der Waals surface area contributed by atoms with Crippen molar-refractivity contribution in [1.29, 1.82) is 0 Å². The van der Waals surface area contributed by atoms with E-state index < -0.39 is 18.0 Å². The van der Waals surface area contributed by atoms with E-state index in [0.717, 1.165) is 17.7 Å². The van der Waals surface area contributed by atoms with Gasteiger partial charge in [-0.1, -0.05) is 24.3 Å². The summed E-state index contributed by atoms with van der Waals surface area (Å²) in [5.74, 6) is 0.0498. The Bertz CT molecular complexity index is 1090. The van der Waals surface area contributed by atoms with Crippen molar-refractivity contribution >= 4 is 5.84 Å². The molecule has 168 valence electrons. The van der Waals surface area contributed by atoms with E-state index in [1.54, 1.807) is 12.1 Å². The lowest BCUT2D eigenvalue weighted by atomic mass is 10.1. The molecule has 9 nitrogen and oxygen atoms in total. The lowest BCUT2D eigenvalue weighted by Crippen LogP contribution is -2.46. The van der Waals surface area contributed by atoms with Gasteiger partial charge in [0.25, 0.3) is 0 Å². The van der Waals surface area contributed by atoms with E-state index in [4.69, 9.17) is 22.2 Å². The Hall–Kier alpha value is -4.19. The number of rotatable bonds is 6. The van der Waals surface area contributed by atoms with Crippen LogP contribution in [0.1, 0.15) is 5.56 Å². The molecule has 0 spiro atoms. The fourth-order valence-electron chi connectivity index (χ4n) is 2.40. The summed E-state index contributed by atoms with van der Waals surface area (Å²) in [6, 6.07) is 11.7. The minimum atomic E-state index is -5.81. The molecule has 0 saturated carbocycles. The number of nitrogens with two attached hydrogens (primary N) is 2. The van der Waals surface area contributed by atoms with Crippen LogP contribution < -0.4 is 15.9 Å². The molecule has 14 heteroatoms. The smallest absolute Gasteiger partial charge is 0.426 e. The van der Waals surface area contributed by atoms with E-state index in [2.05, 4.69) is 14.8 Å². The third-order valence-electron chi connectivity index (χ3n) is 3.79. The van der Waals surface area contributed by atoms with Crippen molar-refractivity contribution in [2.24, 2.45) is 5.73 Å². The van der Waals surface area contributed by atoms with Gasteiger partial charge in [-0.2, -0.15) is 22.0 Å². The lowest BCUT2D eigenvalue weighted by Gasteiger charge is -2.20. The topological polar surface area (TPSA) is 150 Å². The number of aromatic nitrogens is 3. The van der Waals surface area contributed by atoms with Gasteiger partial charge in [-0.05, 0) is 29.8 Å². The highest BCUT2D eigenvalue weighted by Gasteiger charge is 2.61. The number of benzene rings is 2. The second kappa shape index (κ2) is 9.75. The zero-order valence-corrected chi connectivity index (χ0v) is 16.0. The Morgan fingerprint density at radius 3 is 2.09 bits per heavy atom. The SMILES string of the molecule is NC(=[NH2+])Cc1ccc(-c2ncn(-c3ccc(OC(F)(F)C(F)(F)F)cc3)n2)cc1.[N-]=[N+]=[N-]. The zero-order chi connectivity index (χ0) is 23.9. The van der Waals surface area contributed by atoms with Crippen LogP contribution in [-0.2, 0) is 6.42 Å². The van der Waals surface area contributed by atoms with Crippen LogP contribution in [0.3, 0.4) is 0 Å². The van der Waals surface area contributed by atoms with E-state index in [9.17, 15) is 22.0 Å². The minimum absolute atomic E-state index is 0.292. The molecule has 3 rings (SSSR count). The van der Waals surface area contributed by atoms with Crippen LogP contribution in [0, 0.1) is 0 Å². The highest BCUT2D eigenvalue weighted by molar-refractivity contribution is 5.76. The molecule has 4 N–H and O–H groups in total. The molecule has 0 unspecified atom stereocenters. The zero-order valence-electron chi connectivity index (χ0n) is 16.0. The molecule has 0 fully saturated rings. The average Bonchev–Trinajstić information content (AvgIpc) is 3.18. The molecule has 0 amide bonds. The number of hydrogen-bond acceptors (Lipinski definition) is 3. The van der Waals surface area contributed by atoms with E-state index >= 15 is 0 Å². The van der Waals surface area contributed by atoms with Crippen LogP contribution in [0.15, 0.2) is 54.9 Å². The van der Waals surface area contributed by atoms with Gasteiger partial charge in [0.15, 0.2) is 5.82 Å². The molecule has 0 atom stereocenters. The number of amidine groups is 1. The van der Waals surface area contributed by atoms with Crippen molar-refractivity contribution < 1.29 is 32.1 Å². The number of alkyl halides is 5. The summed E-state index contributed by atoms with van der Waals surface area (Å²) in [4.78, 5) is 5.66. The average molecular weight is 454 g/mol. The normalized spacial score (nSPS) is 11.2.